The van der Waals surface area contributed by atoms with E-state index in [0.717, 1.165) is 16.6 Å². The summed E-state index contributed by atoms with van der Waals surface area (Å²) in [5, 5.41) is -0.0470. The number of amides is 3. The number of carbonyl (C=O) groups excluding carboxylic acids is 4. The molecule has 1 aromatic heterocycles. The molecule has 0 saturated carbocycles. The molecule has 0 aliphatic carbocycles. The van der Waals surface area contributed by atoms with Crippen LogP contribution in [-0.2, 0) is 30.7 Å². The van der Waals surface area contributed by atoms with Gasteiger partial charge in [0.1, 0.15) is 0 Å². The summed E-state index contributed by atoms with van der Waals surface area (Å²) in [5.41, 5.74) is 4.53. The Hall–Kier alpha value is -6.64. The Kier molecular flexibility index (Phi) is 15.2. The van der Waals surface area contributed by atoms with Crippen molar-refractivity contribution in [3.8, 4) is 28.7 Å². The molecule has 2 N–H and O–H groups in total. The van der Waals surface area contributed by atoms with E-state index in [0.29, 0.717) is 0 Å². The molecule has 1 heterocycles. The summed E-state index contributed by atoms with van der Waals surface area (Å²) >= 11 is 0. The zero-order valence-electron chi connectivity index (χ0n) is 31.1. The minimum absolute atomic E-state index is 0.0119. The van der Waals surface area contributed by atoms with Gasteiger partial charge in [0.25, 0.3) is 17.4 Å². The van der Waals surface area contributed by atoms with Gasteiger partial charge in [0, 0.05) is 26.2 Å². The summed E-state index contributed by atoms with van der Waals surface area (Å²) < 4.78 is 21.1. The quantitative estimate of drug-likeness (QED) is 0.0586. The fraction of sp³-hybridized carbons (Fsp3) is 0.333. The second-order valence-electron chi connectivity index (χ2n) is 11.4. The van der Waals surface area contributed by atoms with Gasteiger partial charge in [-0.15, -0.1) is 0 Å². The molecule has 3 amide bonds. The number of primary amides is 1. The van der Waals surface area contributed by atoms with Crippen LogP contribution in [0.4, 0.5) is 4.79 Å². The molecular weight excluding hydrogens is 744 g/mol. The van der Waals surface area contributed by atoms with Gasteiger partial charge in [0.15, 0.2) is 17.1 Å². The number of carbonyl (C=O) groups is 4. The van der Waals surface area contributed by atoms with Gasteiger partial charge in [-0.2, -0.15) is 14.7 Å². The average Bonchev–Trinajstić information content (AvgIpc) is 3.18. The second-order valence-corrected chi connectivity index (χ2v) is 11.4. The fourth-order valence-electron chi connectivity index (χ4n) is 5.56. The van der Waals surface area contributed by atoms with Gasteiger partial charge in [-0.25, -0.2) is 14.2 Å². The van der Waals surface area contributed by atoms with Crippen LogP contribution in [-0.4, -0.2) is 100.0 Å². The highest BCUT2D eigenvalue weighted by Gasteiger charge is 2.27. The number of aromatic nitrogens is 1. The highest BCUT2D eigenvalue weighted by atomic mass is 17.2. The van der Waals surface area contributed by atoms with Gasteiger partial charge >= 0.3 is 11.9 Å². The minimum atomic E-state index is -1.08. The molecule has 0 aliphatic rings. The molecule has 4 rings (SSSR count). The molecular formula is C36H40N4O16. The van der Waals surface area contributed by atoms with E-state index in [1.54, 1.807) is 12.1 Å². The highest BCUT2D eigenvalue weighted by Crippen LogP contribution is 2.34. The molecule has 0 aliphatic heterocycles. The number of hydrogen-bond acceptors (Lipinski definition) is 16. The van der Waals surface area contributed by atoms with Crippen LogP contribution < -0.4 is 41.2 Å². The predicted molar refractivity (Wildman–Crippen MR) is 192 cm³/mol. The first-order valence-electron chi connectivity index (χ1n) is 16.7. The minimum Gasteiger partial charge on any atom is -0.493 e. The Balaban J connectivity index is 1.62. The summed E-state index contributed by atoms with van der Waals surface area (Å²) in [7, 11) is 6.19. The standard InChI is InChI=1S/C36H40N4O16/c1-47-25-14-6-12-23(30(25)55-50-4)32(42)38(18-10-20-40-34(44)22-11-7-15-26(52-36(46)48-2)29(22)53-35(40)45)17-9-19-39(21-28(37)41)33(43)24-13-8-16-27(54-49-3)31(24)56-51-5/h6-8,11-16H,9-10,17-21H2,1-5H3,(H2,37,41). The smallest absolute Gasteiger partial charge is 0.493 e. The number of hydrogen-bond donors (Lipinski definition) is 1. The lowest BCUT2D eigenvalue weighted by atomic mass is 10.1. The monoisotopic (exact) mass is 784 g/mol. The van der Waals surface area contributed by atoms with Gasteiger partial charge in [-0.1, -0.05) is 18.2 Å². The molecule has 0 bridgehead atoms. The number of rotatable bonds is 20. The summed E-state index contributed by atoms with van der Waals surface area (Å²) in [4.78, 5) is 111. The maximum atomic E-state index is 14.2. The Morgan fingerprint density at radius 1 is 0.696 bits per heavy atom. The highest BCUT2D eigenvalue weighted by molar-refractivity contribution is 5.99. The average molecular weight is 785 g/mol. The Bertz CT molecular complexity index is 2150. The molecule has 20 heteroatoms. The van der Waals surface area contributed by atoms with Gasteiger partial charge in [-0.3, -0.25) is 19.2 Å². The van der Waals surface area contributed by atoms with Crippen molar-refractivity contribution < 1.29 is 67.1 Å². The molecule has 0 radical (unpaired) electrons. The third-order valence-corrected chi connectivity index (χ3v) is 7.96. The lowest BCUT2D eigenvalue weighted by Gasteiger charge is -2.27. The maximum absolute atomic E-state index is 14.2. The molecule has 0 saturated heterocycles. The number of fused-ring (bicyclic) bond motifs is 1. The third-order valence-electron chi connectivity index (χ3n) is 7.96. The molecule has 0 spiro atoms. The Labute approximate surface area is 318 Å². The van der Waals surface area contributed by atoms with Crippen molar-refractivity contribution in [2.75, 3.05) is 61.7 Å². The third kappa shape index (κ3) is 10.1. The van der Waals surface area contributed by atoms with Crippen LogP contribution in [0.15, 0.2) is 68.6 Å². The largest absolute Gasteiger partial charge is 0.513 e. The molecule has 0 unspecified atom stereocenters. The van der Waals surface area contributed by atoms with Crippen molar-refractivity contribution in [3.63, 3.8) is 0 Å². The Morgan fingerprint density at radius 3 is 1.86 bits per heavy atom. The summed E-state index contributed by atoms with van der Waals surface area (Å²) in [6.07, 6.45) is -0.925. The molecule has 0 atom stereocenters. The lowest BCUT2D eigenvalue weighted by molar-refractivity contribution is -0.201. The summed E-state index contributed by atoms with van der Waals surface area (Å²) in [6, 6.07) is 13.1. The van der Waals surface area contributed by atoms with E-state index in [-0.39, 0.29) is 89.9 Å². The first-order valence-corrected chi connectivity index (χ1v) is 16.7. The molecule has 20 nitrogen and oxygen atoms in total. The summed E-state index contributed by atoms with van der Waals surface area (Å²) in [5.74, 6) is -3.22. The number of methoxy groups -OCH3 is 2. The van der Waals surface area contributed by atoms with E-state index in [1.807, 2.05) is 0 Å². The van der Waals surface area contributed by atoms with Gasteiger partial charge in [-0.05, 0) is 49.2 Å². The van der Waals surface area contributed by atoms with Crippen molar-refractivity contribution in [3.05, 3.63) is 86.6 Å². The van der Waals surface area contributed by atoms with Crippen LogP contribution in [0.1, 0.15) is 33.6 Å². The van der Waals surface area contributed by atoms with E-state index in [4.69, 9.17) is 48.9 Å². The van der Waals surface area contributed by atoms with Gasteiger partial charge in [0.05, 0.1) is 58.6 Å². The summed E-state index contributed by atoms with van der Waals surface area (Å²) in [6.45, 7) is -0.838. The van der Waals surface area contributed by atoms with Crippen LogP contribution in [0.25, 0.3) is 11.0 Å². The van der Waals surface area contributed by atoms with Crippen LogP contribution in [0.5, 0.6) is 28.7 Å². The zero-order valence-corrected chi connectivity index (χ0v) is 31.1. The number of nitrogens with two attached hydrogens (primary N) is 1. The fourth-order valence-corrected chi connectivity index (χ4v) is 5.56. The Morgan fingerprint density at radius 2 is 1.25 bits per heavy atom. The first kappa shape index (κ1) is 42.1. The van der Waals surface area contributed by atoms with Crippen LogP contribution in [0.3, 0.4) is 0 Å². The SMILES string of the molecule is COOc1cccc(C(=O)N(CCCN(CCCn2c(=O)oc3c(OC(=O)OC)cccc3c2=O)C(=O)c2cccc(OC)c2OOC)CC(N)=O)c1OOC. The first-order chi connectivity index (χ1) is 27.0. The van der Waals surface area contributed by atoms with E-state index in [2.05, 4.69) is 4.74 Å². The number of benzene rings is 3. The van der Waals surface area contributed by atoms with Crippen molar-refractivity contribution in [2.45, 2.75) is 19.4 Å². The van der Waals surface area contributed by atoms with E-state index >= 15 is 0 Å². The topological polar surface area (TPSA) is 236 Å². The van der Waals surface area contributed by atoms with Crippen molar-refractivity contribution in [1.29, 1.82) is 0 Å². The van der Waals surface area contributed by atoms with E-state index < -0.39 is 41.7 Å². The normalized spacial score (nSPS) is 10.7. The van der Waals surface area contributed by atoms with Gasteiger partial charge in [0.2, 0.25) is 23.2 Å². The van der Waals surface area contributed by atoms with Crippen molar-refractivity contribution >= 4 is 34.8 Å². The van der Waals surface area contributed by atoms with E-state index in [9.17, 15) is 28.8 Å². The number of para-hydroxylation sites is 3. The van der Waals surface area contributed by atoms with Crippen LogP contribution in [0.2, 0.25) is 0 Å². The second kappa shape index (κ2) is 20.2. The molecule has 300 valence electrons. The van der Waals surface area contributed by atoms with Gasteiger partial charge < -0.3 is 48.8 Å². The maximum Gasteiger partial charge on any atom is 0.513 e. The molecule has 0 fully saturated rings. The van der Waals surface area contributed by atoms with Crippen LogP contribution in [0, 0.1) is 0 Å². The predicted octanol–water partition coefficient (Wildman–Crippen LogP) is 2.48. The van der Waals surface area contributed by atoms with Crippen molar-refractivity contribution in [2.24, 2.45) is 5.73 Å². The molecule has 3 aromatic carbocycles. The van der Waals surface area contributed by atoms with Crippen molar-refractivity contribution in [1.82, 2.24) is 14.4 Å². The zero-order chi connectivity index (χ0) is 40.8. The molecule has 4 aromatic rings. The lowest BCUT2D eigenvalue weighted by Crippen LogP contribution is -2.41. The van der Waals surface area contributed by atoms with Crippen LogP contribution >= 0.6 is 0 Å². The number of ether oxygens (including phenoxy) is 3. The molecule has 56 heavy (non-hydrogen) atoms. The number of nitrogens with zero attached hydrogens (tertiary/aromatic N) is 3. The van der Waals surface area contributed by atoms with E-state index in [1.165, 1.54) is 75.8 Å².